The molecule has 0 radical (unpaired) electrons. The molecule has 3 rings (SSSR count). The highest BCUT2D eigenvalue weighted by Crippen LogP contribution is 2.14. The molecule has 0 aliphatic carbocycles. The van der Waals surface area contributed by atoms with Crippen molar-refractivity contribution < 1.29 is 9.21 Å². The van der Waals surface area contributed by atoms with Crippen LogP contribution in [0, 0.1) is 6.92 Å². The number of rotatable bonds is 3. The Morgan fingerprint density at radius 1 is 1.27 bits per heavy atom. The molecule has 1 amide bonds. The summed E-state index contributed by atoms with van der Waals surface area (Å²) in [6.07, 6.45) is 1.25. The normalized spacial score (nSPS) is 11.0. The molecule has 0 bridgehead atoms. The van der Waals surface area contributed by atoms with Gasteiger partial charge in [0.15, 0.2) is 12.1 Å². The number of aromatic nitrogens is 3. The van der Waals surface area contributed by atoms with Crippen molar-refractivity contribution in [3.05, 3.63) is 52.1 Å². The molecule has 2 heterocycles. The van der Waals surface area contributed by atoms with Gasteiger partial charge in [-0.05, 0) is 24.6 Å². The fraction of sp³-hybridized carbons (Fsp3) is 0.267. The van der Waals surface area contributed by atoms with Gasteiger partial charge in [0.2, 0.25) is 0 Å². The molecule has 0 spiro atoms. The molecule has 1 N–H and O–H groups in total. The number of fused-ring (bicyclic) bond motifs is 1. The average Bonchev–Trinajstić information content (AvgIpc) is 3.03. The van der Waals surface area contributed by atoms with Crippen LogP contribution in [0.5, 0.6) is 0 Å². The second-order valence-electron chi connectivity index (χ2n) is 5.16. The number of nitrogens with zero attached hydrogens (tertiary/aromatic N) is 3. The molecule has 2 aromatic heterocycles. The van der Waals surface area contributed by atoms with Gasteiger partial charge in [-0.3, -0.25) is 13.9 Å². The minimum Gasteiger partial charge on any atom is -0.448 e. The number of carbonyl (C=O) groups excluding carboxylic acids is 1. The summed E-state index contributed by atoms with van der Waals surface area (Å²) in [6.45, 7) is 2.04. The first kappa shape index (κ1) is 14.1. The lowest BCUT2D eigenvalue weighted by Gasteiger charge is -2.05. The highest BCUT2D eigenvalue weighted by atomic mass is 16.3. The molecular weight excluding hydrogens is 284 g/mol. The van der Waals surface area contributed by atoms with Gasteiger partial charge < -0.3 is 9.73 Å². The van der Waals surface area contributed by atoms with Gasteiger partial charge in [-0.25, -0.2) is 9.78 Å². The van der Waals surface area contributed by atoms with E-state index in [-0.39, 0.29) is 17.3 Å². The Morgan fingerprint density at radius 3 is 2.68 bits per heavy atom. The van der Waals surface area contributed by atoms with Crippen LogP contribution >= 0.6 is 0 Å². The lowest BCUT2D eigenvalue weighted by molar-refractivity contribution is 0.0945. The number of hydrogen-bond donors (Lipinski definition) is 1. The first-order valence-corrected chi connectivity index (χ1v) is 6.81. The maximum absolute atomic E-state index is 12.0. The van der Waals surface area contributed by atoms with Crippen LogP contribution in [0.15, 0.2) is 33.8 Å². The van der Waals surface area contributed by atoms with Crippen molar-refractivity contribution in [3.8, 4) is 0 Å². The molecule has 3 aromatic rings. The second kappa shape index (κ2) is 5.18. The topological polar surface area (TPSA) is 82.1 Å². The van der Waals surface area contributed by atoms with Crippen LogP contribution in [0.25, 0.3) is 11.0 Å². The maximum atomic E-state index is 12.0. The van der Waals surface area contributed by atoms with E-state index in [0.29, 0.717) is 12.3 Å². The van der Waals surface area contributed by atoms with E-state index >= 15 is 0 Å². The van der Waals surface area contributed by atoms with Gasteiger partial charge in [-0.1, -0.05) is 6.07 Å². The van der Waals surface area contributed by atoms with Crippen molar-refractivity contribution in [2.24, 2.45) is 14.1 Å². The summed E-state index contributed by atoms with van der Waals surface area (Å²) >= 11 is 0. The monoisotopic (exact) mass is 300 g/mol. The van der Waals surface area contributed by atoms with Crippen molar-refractivity contribution >= 4 is 16.9 Å². The molecule has 0 unspecified atom stereocenters. The van der Waals surface area contributed by atoms with Gasteiger partial charge in [0, 0.05) is 20.6 Å². The molecule has 0 saturated carbocycles. The van der Waals surface area contributed by atoms with Gasteiger partial charge in [-0.2, -0.15) is 0 Å². The van der Waals surface area contributed by atoms with E-state index in [4.69, 9.17) is 4.42 Å². The lowest BCUT2D eigenvalue weighted by atomic mass is 10.2. The van der Waals surface area contributed by atoms with Crippen LogP contribution in [-0.4, -0.2) is 20.0 Å². The molecule has 22 heavy (non-hydrogen) atoms. The van der Waals surface area contributed by atoms with E-state index < -0.39 is 0 Å². The summed E-state index contributed by atoms with van der Waals surface area (Å²) < 4.78 is 8.19. The first-order chi connectivity index (χ1) is 10.5. The van der Waals surface area contributed by atoms with Crippen molar-refractivity contribution in [3.63, 3.8) is 0 Å². The molecule has 0 saturated heterocycles. The average molecular weight is 300 g/mol. The van der Waals surface area contributed by atoms with Crippen LogP contribution in [0.1, 0.15) is 21.8 Å². The van der Waals surface area contributed by atoms with Crippen LogP contribution in [-0.2, 0) is 20.6 Å². The predicted octanol–water partition coefficient (Wildman–Crippen LogP) is 1.10. The van der Waals surface area contributed by atoms with Gasteiger partial charge in [-0.15, -0.1) is 0 Å². The molecule has 1 aromatic carbocycles. The van der Waals surface area contributed by atoms with Crippen molar-refractivity contribution in [1.29, 1.82) is 0 Å². The summed E-state index contributed by atoms with van der Waals surface area (Å²) in [5.41, 5.74) is 2.80. The van der Waals surface area contributed by atoms with Gasteiger partial charge in [0.1, 0.15) is 5.76 Å². The van der Waals surface area contributed by atoms with Crippen LogP contribution < -0.4 is 11.0 Å². The zero-order valence-corrected chi connectivity index (χ0v) is 12.6. The highest BCUT2D eigenvalue weighted by Gasteiger charge is 2.13. The first-order valence-electron chi connectivity index (χ1n) is 6.81. The number of aryl methyl sites for hydroxylation is 3. The van der Waals surface area contributed by atoms with E-state index in [1.807, 2.05) is 18.2 Å². The van der Waals surface area contributed by atoms with E-state index in [9.17, 15) is 9.59 Å². The summed E-state index contributed by atoms with van der Waals surface area (Å²) in [7, 11) is 3.46. The molecule has 0 atom stereocenters. The predicted molar refractivity (Wildman–Crippen MR) is 80.6 cm³/mol. The third kappa shape index (κ3) is 2.20. The van der Waals surface area contributed by atoms with Gasteiger partial charge in [0.05, 0.1) is 11.0 Å². The SMILES string of the molecule is Cc1ocnc1C(=O)NCc1ccc2c(c1)n(C)c(=O)n2C. The molecule has 0 aliphatic heterocycles. The smallest absolute Gasteiger partial charge is 0.328 e. The Hall–Kier alpha value is -2.83. The number of oxazole rings is 1. The molecule has 0 aliphatic rings. The minimum atomic E-state index is -0.284. The standard InChI is InChI=1S/C15H16N4O3/c1-9-13(17-8-22-9)14(20)16-7-10-4-5-11-12(6-10)19(3)15(21)18(11)2/h4-6,8H,7H2,1-3H3,(H,16,20). The van der Waals surface area contributed by atoms with Gasteiger partial charge >= 0.3 is 5.69 Å². The van der Waals surface area contributed by atoms with E-state index in [2.05, 4.69) is 10.3 Å². The molecule has 0 fully saturated rings. The largest absolute Gasteiger partial charge is 0.448 e. The number of benzene rings is 1. The van der Waals surface area contributed by atoms with E-state index in [1.54, 1.807) is 30.2 Å². The van der Waals surface area contributed by atoms with E-state index in [1.165, 1.54) is 6.39 Å². The number of imidazole rings is 1. The van der Waals surface area contributed by atoms with Crippen molar-refractivity contribution in [1.82, 2.24) is 19.4 Å². The maximum Gasteiger partial charge on any atom is 0.328 e. The van der Waals surface area contributed by atoms with E-state index in [0.717, 1.165) is 16.6 Å². The Bertz CT molecular complexity index is 917. The Labute approximate surface area is 126 Å². The highest BCUT2D eigenvalue weighted by molar-refractivity contribution is 5.93. The van der Waals surface area contributed by atoms with Crippen molar-refractivity contribution in [2.45, 2.75) is 13.5 Å². The summed E-state index contributed by atoms with van der Waals surface area (Å²) in [6, 6.07) is 5.66. The van der Waals surface area contributed by atoms with Crippen LogP contribution in [0.3, 0.4) is 0 Å². The number of carbonyl (C=O) groups is 1. The second-order valence-corrected chi connectivity index (χ2v) is 5.16. The summed E-state index contributed by atoms with van der Waals surface area (Å²) in [5.74, 6) is 0.201. The fourth-order valence-electron chi connectivity index (χ4n) is 2.45. The molecule has 7 heteroatoms. The van der Waals surface area contributed by atoms with Gasteiger partial charge in [0.25, 0.3) is 5.91 Å². The summed E-state index contributed by atoms with van der Waals surface area (Å²) in [4.78, 5) is 27.8. The number of hydrogen-bond acceptors (Lipinski definition) is 4. The molecule has 7 nitrogen and oxygen atoms in total. The summed E-state index contributed by atoms with van der Waals surface area (Å²) in [5, 5.41) is 2.79. The number of amides is 1. The Morgan fingerprint density at radius 2 is 2.00 bits per heavy atom. The van der Waals surface area contributed by atoms with Crippen LogP contribution in [0.2, 0.25) is 0 Å². The third-order valence-corrected chi connectivity index (χ3v) is 3.75. The lowest BCUT2D eigenvalue weighted by Crippen LogP contribution is -2.23. The van der Waals surface area contributed by atoms with Crippen molar-refractivity contribution in [2.75, 3.05) is 0 Å². The molecule has 114 valence electrons. The molecular formula is C15H16N4O3. The number of nitrogens with one attached hydrogen (secondary N) is 1. The Balaban J connectivity index is 1.83. The quantitative estimate of drug-likeness (QED) is 0.785. The van der Waals surface area contributed by atoms with Crippen LogP contribution in [0.4, 0.5) is 0 Å². The Kier molecular flexibility index (Phi) is 3.32. The zero-order chi connectivity index (χ0) is 15.9. The third-order valence-electron chi connectivity index (χ3n) is 3.75. The fourth-order valence-corrected chi connectivity index (χ4v) is 2.45. The zero-order valence-electron chi connectivity index (χ0n) is 12.6. The minimum absolute atomic E-state index is 0.0746.